The summed E-state index contributed by atoms with van der Waals surface area (Å²) in [5, 5.41) is 0. The molecule has 0 amide bonds. The number of hydrogen-bond donors (Lipinski definition) is 1. The number of carbonyl (C=O) groups excluding carboxylic acids is 2. The minimum atomic E-state index is -0.258. The monoisotopic (exact) mass is 530 g/mol. The number of unbranched alkanes of at least 4 members (excludes halogenated alkanes) is 8. The smallest absolute Gasteiger partial charge is 0.330 e. The number of carbonyl (C=O) groups is 2. The van der Waals surface area contributed by atoms with E-state index in [0.717, 1.165) is 96.8 Å². The summed E-state index contributed by atoms with van der Waals surface area (Å²) in [5.41, 5.74) is 5.73. The maximum atomic E-state index is 11.8. The highest BCUT2D eigenvalue weighted by atomic mass is 17.2. The average Bonchev–Trinajstić information content (AvgIpc) is 2.91. The Morgan fingerprint density at radius 3 is 1.30 bits per heavy atom. The van der Waals surface area contributed by atoms with Gasteiger partial charge in [0.1, 0.15) is 12.2 Å². The topological polar surface area (TPSA) is 100 Å². The second kappa shape index (κ2) is 26.4. The molecule has 0 bridgehead atoms. The number of nitrogens with two attached hydrogens (primary N) is 1. The van der Waals surface area contributed by atoms with E-state index in [4.69, 9.17) is 25.3 Å². The van der Waals surface area contributed by atoms with E-state index < -0.39 is 0 Å². The fraction of sp³-hybridized carbons (Fsp3) is 0.931. The summed E-state index contributed by atoms with van der Waals surface area (Å²) in [6.07, 6.45) is 16.0. The van der Waals surface area contributed by atoms with E-state index in [9.17, 15) is 9.59 Å². The first-order chi connectivity index (χ1) is 18.0. The molecule has 220 valence electrons. The lowest BCUT2D eigenvalue weighted by Gasteiger charge is -2.22. The van der Waals surface area contributed by atoms with Crippen LogP contribution in [0, 0.1) is 0 Å². The lowest BCUT2D eigenvalue weighted by Crippen LogP contribution is -2.28. The molecule has 37 heavy (non-hydrogen) atoms. The minimum absolute atomic E-state index is 0.00135. The van der Waals surface area contributed by atoms with Crippen molar-refractivity contribution in [2.45, 2.75) is 149 Å². The van der Waals surface area contributed by atoms with Gasteiger partial charge in [0.05, 0.1) is 0 Å². The average molecular weight is 531 g/mol. The van der Waals surface area contributed by atoms with Crippen LogP contribution in [-0.4, -0.2) is 55.2 Å². The summed E-state index contributed by atoms with van der Waals surface area (Å²) >= 11 is 0. The molecule has 8 heteroatoms. The maximum absolute atomic E-state index is 11.8. The van der Waals surface area contributed by atoms with Gasteiger partial charge in [-0.1, -0.05) is 66.2 Å². The molecule has 0 spiro atoms. The molecule has 0 rings (SSSR count). The van der Waals surface area contributed by atoms with Gasteiger partial charge in [-0.2, -0.15) is 9.78 Å². The van der Waals surface area contributed by atoms with Crippen LogP contribution in [0.15, 0.2) is 0 Å². The molecule has 0 fully saturated rings. The first-order valence-corrected chi connectivity index (χ1v) is 15.1. The van der Waals surface area contributed by atoms with Crippen LogP contribution < -0.4 is 5.73 Å². The minimum Gasteiger partial charge on any atom is -0.330 e. The third kappa shape index (κ3) is 22.5. The maximum Gasteiger partial charge on any atom is 0.342 e. The van der Waals surface area contributed by atoms with E-state index in [-0.39, 0.29) is 24.1 Å². The molecule has 0 saturated heterocycles. The Balaban J connectivity index is 3.79. The molecule has 0 aromatic carbocycles. The van der Waals surface area contributed by atoms with Crippen LogP contribution in [-0.2, 0) is 29.1 Å². The van der Waals surface area contributed by atoms with Gasteiger partial charge in [0.2, 0.25) is 0 Å². The Morgan fingerprint density at radius 1 is 0.568 bits per heavy atom. The van der Waals surface area contributed by atoms with Crippen molar-refractivity contribution in [1.82, 2.24) is 4.90 Å². The van der Waals surface area contributed by atoms with Crippen LogP contribution in [0.25, 0.3) is 0 Å². The predicted octanol–water partition coefficient (Wildman–Crippen LogP) is 6.65. The standard InChI is InChI=1S/C29H58N2O6/c1-5-26(6-2)34-36-28(32)20-15-11-9-13-17-23-31(25-19-22-30)24-18-14-10-12-16-21-29(33)37-35-27(7-3)8-4/h26-27H,5-25,30H2,1-4H3. The van der Waals surface area contributed by atoms with Gasteiger partial charge in [-0.15, -0.1) is 0 Å². The Morgan fingerprint density at radius 2 is 0.919 bits per heavy atom. The van der Waals surface area contributed by atoms with E-state index in [1.54, 1.807) is 0 Å². The van der Waals surface area contributed by atoms with Gasteiger partial charge >= 0.3 is 11.9 Å². The van der Waals surface area contributed by atoms with Crippen molar-refractivity contribution in [3.8, 4) is 0 Å². The highest BCUT2D eigenvalue weighted by Gasteiger charge is 2.11. The van der Waals surface area contributed by atoms with Crippen molar-refractivity contribution in [2.24, 2.45) is 5.73 Å². The second-order valence-electron chi connectivity index (χ2n) is 10.00. The largest absolute Gasteiger partial charge is 0.342 e. The summed E-state index contributed by atoms with van der Waals surface area (Å²) in [6, 6.07) is 0. The number of hydrogen-bond acceptors (Lipinski definition) is 8. The van der Waals surface area contributed by atoms with Crippen molar-refractivity contribution in [3.63, 3.8) is 0 Å². The molecular weight excluding hydrogens is 472 g/mol. The Bertz CT molecular complexity index is 485. The Labute approximate surface area is 227 Å². The molecule has 0 radical (unpaired) electrons. The molecule has 0 unspecified atom stereocenters. The summed E-state index contributed by atoms with van der Waals surface area (Å²) in [4.78, 5) is 46.2. The van der Waals surface area contributed by atoms with Crippen LogP contribution in [0.2, 0.25) is 0 Å². The van der Waals surface area contributed by atoms with Crippen LogP contribution in [0.1, 0.15) is 137 Å². The molecule has 0 aromatic heterocycles. The molecule has 0 saturated carbocycles. The van der Waals surface area contributed by atoms with E-state index >= 15 is 0 Å². The normalized spacial score (nSPS) is 11.6. The number of rotatable bonds is 27. The Hall–Kier alpha value is -1.22. The predicted molar refractivity (Wildman–Crippen MR) is 149 cm³/mol. The molecule has 0 aliphatic heterocycles. The second-order valence-corrected chi connectivity index (χ2v) is 10.00. The van der Waals surface area contributed by atoms with E-state index in [0.29, 0.717) is 12.8 Å². The highest BCUT2D eigenvalue weighted by molar-refractivity contribution is 5.68. The fourth-order valence-electron chi connectivity index (χ4n) is 4.10. The Kier molecular flexibility index (Phi) is 25.5. The SMILES string of the molecule is CCC(CC)OOC(=O)CCCCCCCN(CCCN)CCCCCCCC(=O)OOC(CC)CC. The van der Waals surface area contributed by atoms with Gasteiger partial charge in [-0.25, -0.2) is 9.59 Å². The molecule has 0 aromatic rings. The highest BCUT2D eigenvalue weighted by Crippen LogP contribution is 2.12. The van der Waals surface area contributed by atoms with Gasteiger partial charge in [0, 0.05) is 12.8 Å². The van der Waals surface area contributed by atoms with Crippen LogP contribution >= 0.6 is 0 Å². The molecule has 0 aliphatic carbocycles. The summed E-state index contributed by atoms with van der Waals surface area (Å²) in [6.45, 7) is 12.1. The van der Waals surface area contributed by atoms with Gasteiger partial charge in [-0.3, -0.25) is 9.78 Å². The first kappa shape index (κ1) is 35.8. The van der Waals surface area contributed by atoms with Crippen molar-refractivity contribution < 1.29 is 29.1 Å². The molecule has 2 N–H and O–H groups in total. The molecule has 0 atom stereocenters. The lowest BCUT2D eigenvalue weighted by molar-refractivity contribution is -0.299. The zero-order valence-corrected chi connectivity index (χ0v) is 24.5. The van der Waals surface area contributed by atoms with Gasteiger partial charge < -0.3 is 10.6 Å². The van der Waals surface area contributed by atoms with E-state index in [1.807, 2.05) is 27.7 Å². The van der Waals surface area contributed by atoms with Gasteiger partial charge in [0.15, 0.2) is 0 Å². The fourth-order valence-corrected chi connectivity index (χ4v) is 4.10. The summed E-state index contributed by atoms with van der Waals surface area (Å²) < 4.78 is 0. The van der Waals surface area contributed by atoms with Crippen molar-refractivity contribution >= 4 is 11.9 Å². The van der Waals surface area contributed by atoms with Gasteiger partial charge in [-0.05, 0) is 84.0 Å². The van der Waals surface area contributed by atoms with Crippen LogP contribution in [0.3, 0.4) is 0 Å². The van der Waals surface area contributed by atoms with E-state index in [2.05, 4.69) is 4.90 Å². The van der Waals surface area contributed by atoms with Crippen LogP contribution in [0.5, 0.6) is 0 Å². The molecule has 0 aliphatic rings. The van der Waals surface area contributed by atoms with Crippen molar-refractivity contribution in [2.75, 3.05) is 26.2 Å². The van der Waals surface area contributed by atoms with Crippen molar-refractivity contribution in [1.29, 1.82) is 0 Å². The lowest BCUT2D eigenvalue weighted by atomic mass is 10.1. The third-order valence-corrected chi connectivity index (χ3v) is 6.76. The summed E-state index contributed by atoms with van der Waals surface area (Å²) in [7, 11) is 0. The van der Waals surface area contributed by atoms with Gasteiger partial charge in [0.25, 0.3) is 0 Å². The summed E-state index contributed by atoms with van der Waals surface area (Å²) in [5.74, 6) is -0.517. The van der Waals surface area contributed by atoms with Crippen LogP contribution in [0.4, 0.5) is 0 Å². The zero-order chi connectivity index (χ0) is 27.6. The molecule has 0 heterocycles. The van der Waals surface area contributed by atoms with E-state index in [1.165, 1.54) is 25.7 Å². The zero-order valence-electron chi connectivity index (χ0n) is 24.5. The van der Waals surface area contributed by atoms with Crippen molar-refractivity contribution in [3.05, 3.63) is 0 Å². The molecular formula is C29H58N2O6. The first-order valence-electron chi connectivity index (χ1n) is 15.1. The quantitative estimate of drug-likeness (QED) is 0.0716. The number of nitrogens with zero attached hydrogens (tertiary/aromatic N) is 1. The molecule has 8 nitrogen and oxygen atoms in total. The third-order valence-electron chi connectivity index (χ3n) is 6.76.